The smallest absolute Gasteiger partial charge is 0.333 e. The van der Waals surface area contributed by atoms with E-state index < -0.39 is 61.1 Å². The molecule has 3 aliphatic rings. The van der Waals surface area contributed by atoms with E-state index in [0.717, 1.165) is 21.6 Å². The molecule has 3 fully saturated rings. The minimum Gasteiger partial charge on any atom is -0.393 e. The van der Waals surface area contributed by atoms with Crippen LogP contribution in [0.4, 0.5) is 11.6 Å². The summed E-state index contributed by atoms with van der Waals surface area (Å²) in [5.74, 6) is -1.09. The average molecular weight is 1440 g/mol. The van der Waals surface area contributed by atoms with E-state index in [4.69, 9.17) is 27.0 Å². The number of aromatic nitrogens is 8. The Bertz CT molecular complexity index is 4320. The standard InChI is InChI=1S/C24H26ClN3O5S2.C19H22N6O5S2.C16H20N4O6S2/c1-14-5-19(8-15-3-2-4-18(25)7-15)34-24(14)23(30)20-11-27-13-28-21(20)9-16-6-17(22(29)10-16)12-33-35(26,31)32;20-32(28,29)30-8-13-4-14(5-16(13)26)24-19-15(6-22-10-23-19)18(27)17-3-12(9-31-17)7-25-2-1-21-11-25;17-28(24,25)26-6-10-2-11(3-13(10)22)20-16-12(4-18-8-19-16)15(23)14-1-9(5-21)7-27-14/h2-5,7,11,13,16-17,22,29H,6,8-10,12H2,1H3,(H2,26,31,32);1-3,6,9-11,13-14,16,26H,4-5,7-8H2,(H2,20,28,29)(H,22,23,24);1,4,7-8,10-11,13,21-22H,2-3,5-6H2,(H2,17,24,25)(H,18,19,20)/t16-,17+,22-;13-,14-,16+;10-,11-,13+/m011/s1. The first-order valence-electron chi connectivity index (χ1n) is 29.3. The monoisotopic (exact) mass is 1440 g/mol. The molecular weight excluding hydrogens is 1370 g/mol. The van der Waals surface area contributed by atoms with Gasteiger partial charge >= 0.3 is 30.9 Å². The summed E-state index contributed by atoms with van der Waals surface area (Å²) in [7, 11) is -12.2. The number of halogens is 1. The van der Waals surface area contributed by atoms with E-state index in [2.05, 4.69) is 58.1 Å². The minimum absolute atomic E-state index is 0.0170. The zero-order valence-corrected chi connectivity index (χ0v) is 56.3. The molecule has 29 nitrogen and oxygen atoms in total. The van der Waals surface area contributed by atoms with Crippen LogP contribution in [0.5, 0.6) is 0 Å². The minimum atomic E-state index is -4.08. The molecule has 11 rings (SSSR count). The highest BCUT2D eigenvalue weighted by molar-refractivity contribution is 7.84. The molecule has 1 aromatic carbocycles. The first kappa shape index (κ1) is 72.4. The molecule has 7 heterocycles. The lowest BCUT2D eigenvalue weighted by molar-refractivity contribution is 0.0998. The summed E-state index contributed by atoms with van der Waals surface area (Å²) in [5, 5.41) is 65.1. The molecule has 0 amide bonds. The molecule has 3 aliphatic carbocycles. The maximum absolute atomic E-state index is 13.5. The van der Waals surface area contributed by atoms with Crippen molar-refractivity contribution >= 4 is 106 Å². The molecule has 12 N–H and O–H groups in total. The number of hydrogen-bond donors (Lipinski definition) is 9. The SMILES string of the molecule is Cc1cc(Cc2cccc(Cl)c2)sc1C(=O)c1cncnc1C[C@@H]1C[C@H](COS(N)(=O)=O)[C@@H](O)C1.NS(=O)(=O)OC[C@H]1C[C@@H](Nc2ncncc2C(=O)c2cc(CO)cs2)C[C@@H]1O.NS(=O)(=O)OC[C@H]1C[C@@H](Nc2ncncc2C(=O)c2cc(Cn3ccnc3)cs2)C[C@@H]1O. The molecular formula is C59H68ClN13O16S6. The van der Waals surface area contributed by atoms with Crippen molar-refractivity contribution in [2.45, 2.75) is 102 Å². The molecule has 3 saturated carbocycles. The van der Waals surface area contributed by atoms with Gasteiger partial charge in [0.2, 0.25) is 17.3 Å². The van der Waals surface area contributed by atoms with Gasteiger partial charge in [-0.25, -0.2) is 50.3 Å². The normalized spacial score (nSPS) is 21.1. The number of imidazole rings is 1. The Kier molecular flexibility index (Phi) is 24.7. The predicted octanol–water partition coefficient (Wildman–Crippen LogP) is 4.29. The Morgan fingerprint density at radius 1 is 0.642 bits per heavy atom. The van der Waals surface area contributed by atoms with Gasteiger partial charge in [0, 0.05) is 83.7 Å². The number of rotatable bonds is 26. The second-order valence-corrected chi connectivity index (χ2v) is 30.0. The second-order valence-electron chi connectivity index (χ2n) is 23.0. The van der Waals surface area contributed by atoms with E-state index in [1.165, 1.54) is 71.6 Å². The highest BCUT2D eigenvalue weighted by Crippen LogP contribution is 2.37. The van der Waals surface area contributed by atoms with Crippen LogP contribution >= 0.6 is 45.6 Å². The van der Waals surface area contributed by atoms with Crippen molar-refractivity contribution < 1.29 is 72.6 Å². The number of nitrogens with two attached hydrogens (primary N) is 3. The fraction of sp³-hybridized carbons (Fsp3) is 0.390. The van der Waals surface area contributed by atoms with Crippen molar-refractivity contribution in [1.82, 2.24) is 39.5 Å². The molecule has 0 saturated heterocycles. The molecule has 36 heteroatoms. The van der Waals surface area contributed by atoms with Crippen LogP contribution in [0.3, 0.4) is 0 Å². The summed E-state index contributed by atoms with van der Waals surface area (Å²) in [6.07, 6.45) is 15.1. The van der Waals surface area contributed by atoms with Crippen LogP contribution in [0, 0.1) is 30.6 Å². The average Bonchev–Trinajstić information content (AvgIpc) is 1.71. The molecule has 7 aromatic heterocycles. The van der Waals surface area contributed by atoms with E-state index in [-0.39, 0.29) is 73.3 Å². The van der Waals surface area contributed by atoms with Crippen LogP contribution in [0.15, 0.2) is 110 Å². The van der Waals surface area contributed by atoms with Crippen molar-refractivity contribution in [2.24, 2.45) is 39.1 Å². The number of nitrogens with one attached hydrogen (secondary N) is 2. The van der Waals surface area contributed by atoms with Gasteiger partial charge in [-0.15, -0.1) is 34.0 Å². The molecule has 0 spiro atoms. The topological polar surface area (TPSA) is 460 Å². The molecule has 0 bridgehead atoms. The van der Waals surface area contributed by atoms with Gasteiger partial charge in [0.05, 0.1) is 88.1 Å². The summed E-state index contributed by atoms with van der Waals surface area (Å²) >= 11 is 10.1. The molecule has 0 unspecified atom stereocenters. The van der Waals surface area contributed by atoms with Crippen molar-refractivity contribution in [3.8, 4) is 0 Å². The molecule has 9 atom stereocenters. The van der Waals surface area contributed by atoms with Crippen molar-refractivity contribution in [3.05, 3.63) is 179 Å². The Hall–Kier alpha value is -6.88. The Balaban J connectivity index is 0.000000169. The predicted molar refractivity (Wildman–Crippen MR) is 351 cm³/mol. The summed E-state index contributed by atoms with van der Waals surface area (Å²) in [6.45, 7) is 1.79. The number of ketones is 3. The quantitative estimate of drug-likeness (QED) is 0.0341. The van der Waals surface area contributed by atoms with Gasteiger partial charge in [-0.05, 0) is 121 Å². The number of carbonyl (C=O) groups is 3. The number of nitrogens with zero attached hydrogens (tertiary/aromatic N) is 8. The van der Waals surface area contributed by atoms with Gasteiger partial charge in [-0.2, -0.15) is 25.3 Å². The third kappa shape index (κ3) is 21.1. The van der Waals surface area contributed by atoms with Crippen molar-refractivity contribution in [1.29, 1.82) is 0 Å². The van der Waals surface area contributed by atoms with E-state index in [0.29, 0.717) is 112 Å². The van der Waals surface area contributed by atoms with E-state index >= 15 is 0 Å². The first-order chi connectivity index (χ1) is 45.1. The number of benzene rings is 1. The van der Waals surface area contributed by atoms with Crippen LogP contribution in [0.2, 0.25) is 5.02 Å². The Morgan fingerprint density at radius 2 is 1.16 bits per heavy atom. The lowest BCUT2D eigenvalue weighted by Crippen LogP contribution is -2.24. The van der Waals surface area contributed by atoms with Gasteiger partial charge in [-0.1, -0.05) is 23.7 Å². The molecule has 8 aromatic rings. The fourth-order valence-corrected chi connectivity index (χ4v) is 15.5. The van der Waals surface area contributed by atoms with Crippen LogP contribution in [0.1, 0.15) is 117 Å². The zero-order valence-electron chi connectivity index (χ0n) is 50.6. The Labute approximate surface area is 564 Å². The van der Waals surface area contributed by atoms with E-state index in [1.54, 1.807) is 24.0 Å². The lowest BCUT2D eigenvalue weighted by Gasteiger charge is -2.15. The van der Waals surface area contributed by atoms with Gasteiger partial charge in [0.1, 0.15) is 30.6 Å². The maximum Gasteiger partial charge on any atom is 0.333 e. The van der Waals surface area contributed by atoms with Crippen molar-refractivity contribution in [3.63, 3.8) is 0 Å². The molecule has 0 radical (unpaired) electrons. The molecule has 0 aliphatic heterocycles. The number of thiophene rings is 3. The summed E-state index contributed by atoms with van der Waals surface area (Å²) in [4.78, 5) is 70.8. The number of carbonyl (C=O) groups excluding carboxylic acids is 3. The maximum atomic E-state index is 13.5. The highest BCUT2D eigenvalue weighted by atomic mass is 35.5. The third-order valence-electron chi connectivity index (χ3n) is 15.8. The van der Waals surface area contributed by atoms with Crippen LogP contribution in [-0.4, -0.2) is 153 Å². The van der Waals surface area contributed by atoms with E-state index in [9.17, 15) is 60.1 Å². The molecule has 95 heavy (non-hydrogen) atoms. The van der Waals surface area contributed by atoms with Gasteiger partial charge in [0.25, 0.3) is 0 Å². The van der Waals surface area contributed by atoms with Crippen LogP contribution < -0.4 is 26.1 Å². The van der Waals surface area contributed by atoms with Gasteiger partial charge in [-0.3, -0.25) is 26.9 Å². The number of anilines is 2. The second kappa shape index (κ2) is 32.4. The summed E-state index contributed by atoms with van der Waals surface area (Å²) in [6, 6.07) is 12.7. The highest BCUT2D eigenvalue weighted by Gasteiger charge is 2.38. The number of aliphatic hydroxyl groups excluding tert-OH is 4. The van der Waals surface area contributed by atoms with Crippen LogP contribution in [0.25, 0.3) is 0 Å². The molecule has 508 valence electrons. The van der Waals surface area contributed by atoms with Crippen LogP contribution in [-0.2, 0) is 69.5 Å². The lowest BCUT2D eigenvalue weighted by atomic mass is 9.96. The van der Waals surface area contributed by atoms with E-state index in [1.807, 2.05) is 59.5 Å². The van der Waals surface area contributed by atoms with Crippen molar-refractivity contribution in [2.75, 3.05) is 30.5 Å². The summed E-state index contributed by atoms with van der Waals surface area (Å²) in [5.41, 5.74) is 5.24. The number of hydrogen-bond acceptors (Lipinski definition) is 28. The summed E-state index contributed by atoms with van der Waals surface area (Å²) < 4.78 is 81.8. The largest absolute Gasteiger partial charge is 0.393 e. The zero-order chi connectivity index (χ0) is 68.2. The Morgan fingerprint density at radius 3 is 1.67 bits per heavy atom. The van der Waals surface area contributed by atoms with Gasteiger partial charge < -0.3 is 35.6 Å². The first-order valence-corrected chi connectivity index (χ1v) is 36.7. The van der Waals surface area contributed by atoms with Gasteiger partial charge in [0.15, 0.2) is 0 Å². The number of aryl methyl sites for hydroxylation is 1. The fourth-order valence-electron chi connectivity index (χ4n) is 11.3. The third-order valence-corrected chi connectivity index (χ3v) is 20.7. The number of aliphatic hydroxyl groups is 4.